The van der Waals surface area contributed by atoms with Crippen LogP contribution in [0.1, 0.15) is 0 Å². The lowest BCUT2D eigenvalue weighted by molar-refractivity contribution is -0.388. The monoisotopic (exact) mass is 281 g/mol. The second kappa shape index (κ2) is 5.01. The maximum Gasteiger partial charge on any atom is 0.346 e. The third kappa shape index (κ3) is 2.85. The second-order valence-corrected chi connectivity index (χ2v) is 3.44. The van der Waals surface area contributed by atoms with Gasteiger partial charge in [0, 0.05) is 10.5 Å². The minimum absolute atomic E-state index is 0.287. The Balaban J connectivity index is 3.14. The Labute approximate surface area is 92.1 Å². The molecule has 0 aromatic heterocycles. The summed E-state index contributed by atoms with van der Waals surface area (Å²) in [5, 5.41) is 10.5. The highest BCUT2D eigenvalue weighted by Crippen LogP contribution is 2.33. The largest absolute Gasteiger partial charge is 0.484 e. The molecular formula is C8H6BrF2NO3. The van der Waals surface area contributed by atoms with Crippen molar-refractivity contribution >= 4 is 21.6 Å². The maximum atomic E-state index is 13.1. The Morgan fingerprint density at radius 3 is 2.73 bits per heavy atom. The van der Waals surface area contributed by atoms with Crippen LogP contribution in [0, 0.1) is 15.9 Å². The number of nitro benzene ring substituents is 1. The predicted molar refractivity (Wildman–Crippen MR) is 52.2 cm³/mol. The summed E-state index contributed by atoms with van der Waals surface area (Å²) in [7, 11) is 0. The second-order valence-electron chi connectivity index (χ2n) is 2.53. The first-order valence-corrected chi connectivity index (χ1v) is 4.67. The van der Waals surface area contributed by atoms with Gasteiger partial charge >= 0.3 is 5.69 Å². The lowest BCUT2D eigenvalue weighted by Crippen LogP contribution is -2.03. The van der Waals surface area contributed by atoms with E-state index in [0.717, 1.165) is 6.07 Å². The molecule has 0 heterocycles. The van der Waals surface area contributed by atoms with Crippen molar-refractivity contribution < 1.29 is 18.4 Å². The van der Waals surface area contributed by atoms with Crippen molar-refractivity contribution in [3.63, 3.8) is 0 Å². The van der Waals surface area contributed by atoms with Gasteiger partial charge in [0.1, 0.15) is 13.3 Å². The lowest BCUT2D eigenvalue weighted by atomic mass is 10.3. The topological polar surface area (TPSA) is 52.4 Å². The molecule has 1 rings (SSSR count). The molecule has 0 saturated carbocycles. The summed E-state index contributed by atoms with van der Waals surface area (Å²) in [6, 6.07) is 2.16. The highest BCUT2D eigenvalue weighted by atomic mass is 79.9. The molecular weight excluding hydrogens is 276 g/mol. The maximum absolute atomic E-state index is 13.1. The van der Waals surface area contributed by atoms with E-state index in [9.17, 15) is 18.9 Å². The Morgan fingerprint density at radius 2 is 2.20 bits per heavy atom. The Morgan fingerprint density at radius 1 is 1.53 bits per heavy atom. The van der Waals surface area contributed by atoms with E-state index < -0.39 is 23.1 Å². The molecule has 4 nitrogen and oxygen atoms in total. The van der Waals surface area contributed by atoms with Crippen molar-refractivity contribution in [1.29, 1.82) is 0 Å². The number of rotatable bonds is 4. The average molecular weight is 282 g/mol. The molecule has 0 spiro atoms. The van der Waals surface area contributed by atoms with Crippen molar-refractivity contribution in [3.05, 3.63) is 32.5 Å². The Bertz CT molecular complexity index is 386. The van der Waals surface area contributed by atoms with Crippen LogP contribution in [-0.2, 0) is 0 Å². The molecule has 7 heteroatoms. The number of nitrogens with zero attached hydrogens (tertiary/aromatic N) is 1. The van der Waals surface area contributed by atoms with Gasteiger partial charge in [0.05, 0.1) is 4.92 Å². The van der Waals surface area contributed by atoms with Crippen LogP contribution in [-0.4, -0.2) is 18.2 Å². The Kier molecular flexibility index (Phi) is 3.96. The van der Waals surface area contributed by atoms with Crippen LogP contribution in [0.25, 0.3) is 0 Å². The molecule has 0 atom stereocenters. The lowest BCUT2D eigenvalue weighted by Gasteiger charge is -2.05. The Hall–Kier alpha value is -1.24. The normalized spacial score (nSPS) is 10.1. The van der Waals surface area contributed by atoms with Crippen molar-refractivity contribution in [2.75, 3.05) is 13.3 Å². The van der Waals surface area contributed by atoms with Gasteiger partial charge in [-0.2, -0.15) is 4.39 Å². The molecule has 0 amide bonds. The zero-order valence-electron chi connectivity index (χ0n) is 7.37. The zero-order valence-corrected chi connectivity index (χ0v) is 8.96. The SMILES string of the molecule is O=[N+]([O-])c1c(F)cc(Br)cc1OCCF. The van der Waals surface area contributed by atoms with Gasteiger partial charge in [0.15, 0.2) is 0 Å². The van der Waals surface area contributed by atoms with Gasteiger partial charge < -0.3 is 4.74 Å². The molecule has 0 saturated heterocycles. The van der Waals surface area contributed by atoms with Crippen LogP contribution in [0.3, 0.4) is 0 Å². The molecule has 1 aromatic rings. The number of benzene rings is 1. The smallest absolute Gasteiger partial charge is 0.346 e. The fraction of sp³-hybridized carbons (Fsp3) is 0.250. The summed E-state index contributed by atoms with van der Waals surface area (Å²) in [5.74, 6) is -1.31. The molecule has 0 unspecified atom stereocenters. The predicted octanol–water partition coefficient (Wildman–Crippen LogP) is 2.84. The number of ether oxygens (including phenoxy) is 1. The van der Waals surface area contributed by atoms with Crippen molar-refractivity contribution in [2.45, 2.75) is 0 Å². The van der Waals surface area contributed by atoms with Crippen LogP contribution in [0.5, 0.6) is 5.75 Å². The molecule has 0 N–H and O–H groups in total. The van der Waals surface area contributed by atoms with E-state index in [1.54, 1.807) is 0 Å². The van der Waals surface area contributed by atoms with Crippen LogP contribution < -0.4 is 4.74 Å². The molecule has 0 bridgehead atoms. The molecule has 0 radical (unpaired) electrons. The number of hydrogen-bond acceptors (Lipinski definition) is 3. The van der Waals surface area contributed by atoms with Gasteiger partial charge in [-0.25, -0.2) is 4.39 Å². The molecule has 0 aliphatic heterocycles. The molecule has 0 aliphatic carbocycles. The summed E-state index contributed by atoms with van der Waals surface area (Å²) in [4.78, 5) is 9.59. The van der Waals surface area contributed by atoms with Gasteiger partial charge in [0.2, 0.25) is 11.6 Å². The van der Waals surface area contributed by atoms with E-state index >= 15 is 0 Å². The number of hydrogen-bond donors (Lipinski definition) is 0. The van der Waals surface area contributed by atoms with E-state index in [1.807, 2.05) is 0 Å². The molecule has 0 aliphatic rings. The minimum Gasteiger partial charge on any atom is -0.484 e. The first-order valence-electron chi connectivity index (χ1n) is 3.88. The molecule has 82 valence electrons. The van der Waals surface area contributed by atoms with Crippen LogP contribution >= 0.6 is 15.9 Å². The van der Waals surface area contributed by atoms with Gasteiger partial charge in [-0.3, -0.25) is 10.1 Å². The van der Waals surface area contributed by atoms with E-state index in [0.29, 0.717) is 4.47 Å². The van der Waals surface area contributed by atoms with Gasteiger partial charge in [0.25, 0.3) is 0 Å². The quantitative estimate of drug-likeness (QED) is 0.630. The fourth-order valence-corrected chi connectivity index (χ4v) is 1.39. The van der Waals surface area contributed by atoms with Gasteiger partial charge in [-0.15, -0.1) is 0 Å². The zero-order chi connectivity index (χ0) is 11.4. The van der Waals surface area contributed by atoms with Gasteiger partial charge in [-0.05, 0) is 6.07 Å². The highest BCUT2D eigenvalue weighted by molar-refractivity contribution is 9.10. The van der Waals surface area contributed by atoms with Crippen LogP contribution in [0.4, 0.5) is 14.5 Å². The summed E-state index contributed by atoms with van der Waals surface area (Å²) in [5.41, 5.74) is -0.786. The molecule has 1 aromatic carbocycles. The van der Waals surface area contributed by atoms with Crippen molar-refractivity contribution in [3.8, 4) is 5.75 Å². The minimum atomic E-state index is -1.02. The average Bonchev–Trinajstić information content (AvgIpc) is 2.12. The van der Waals surface area contributed by atoms with E-state index in [-0.39, 0.29) is 12.4 Å². The summed E-state index contributed by atoms with van der Waals surface area (Å²) in [6.45, 7) is -1.15. The highest BCUT2D eigenvalue weighted by Gasteiger charge is 2.22. The third-order valence-corrected chi connectivity index (χ3v) is 1.97. The van der Waals surface area contributed by atoms with E-state index in [2.05, 4.69) is 15.9 Å². The summed E-state index contributed by atoms with van der Waals surface area (Å²) >= 11 is 2.95. The summed E-state index contributed by atoms with van der Waals surface area (Å²) in [6.07, 6.45) is 0. The van der Waals surface area contributed by atoms with Gasteiger partial charge in [-0.1, -0.05) is 15.9 Å². The van der Waals surface area contributed by atoms with Crippen molar-refractivity contribution in [1.82, 2.24) is 0 Å². The number of nitro groups is 1. The first kappa shape index (κ1) is 11.8. The van der Waals surface area contributed by atoms with E-state index in [4.69, 9.17) is 4.74 Å². The van der Waals surface area contributed by atoms with Crippen LogP contribution in [0.15, 0.2) is 16.6 Å². The summed E-state index contributed by atoms with van der Waals surface area (Å²) < 4.78 is 30.0. The fourth-order valence-electron chi connectivity index (χ4n) is 0.978. The van der Waals surface area contributed by atoms with E-state index in [1.165, 1.54) is 6.07 Å². The first-order chi connectivity index (χ1) is 7.06. The van der Waals surface area contributed by atoms with Crippen molar-refractivity contribution in [2.24, 2.45) is 0 Å². The third-order valence-electron chi connectivity index (χ3n) is 1.51. The standard InChI is InChI=1S/C8H6BrF2NO3/c9-5-3-6(11)8(12(13)14)7(4-5)15-2-1-10/h3-4H,1-2H2. The van der Waals surface area contributed by atoms with Crippen LogP contribution in [0.2, 0.25) is 0 Å². The molecule has 15 heavy (non-hydrogen) atoms. The molecule has 0 fully saturated rings. The number of alkyl halides is 1. The number of halogens is 3.